The number of sulfonamides is 1. The second-order valence-electron chi connectivity index (χ2n) is 6.35. The van der Waals surface area contributed by atoms with Crippen molar-refractivity contribution in [2.75, 3.05) is 19.7 Å². The third kappa shape index (κ3) is 3.45. The number of cyclic esters (lactones) is 1. The minimum Gasteiger partial charge on any atom is -0.447 e. The molecule has 134 valence electrons. The third-order valence-corrected chi connectivity index (χ3v) is 8.07. The Bertz CT molecular complexity index is 652. The van der Waals surface area contributed by atoms with Crippen molar-refractivity contribution in [3.63, 3.8) is 0 Å². The highest BCUT2D eigenvalue weighted by atomic mass is 32.2. The molecular formula is C16H24N2O4S2. The number of hydrogen-bond acceptors (Lipinski definition) is 5. The molecule has 2 fully saturated rings. The van der Waals surface area contributed by atoms with E-state index in [1.807, 2.05) is 4.90 Å². The summed E-state index contributed by atoms with van der Waals surface area (Å²) in [5, 5.41) is 1.78. The first-order chi connectivity index (χ1) is 11.5. The summed E-state index contributed by atoms with van der Waals surface area (Å²) in [6.07, 6.45) is 4.22. The van der Waals surface area contributed by atoms with E-state index in [0.717, 1.165) is 19.3 Å². The van der Waals surface area contributed by atoms with Crippen LogP contribution in [0.4, 0.5) is 4.79 Å². The molecule has 2 aliphatic heterocycles. The molecule has 0 radical (unpaired) electrons. The Morgan fingerprint density at radius 3 is 2.71 bits per heavy atom. The van der Waals surface area contributed by atoms with Crippen LogP contribution in [0.3, 0.4) is 0 Å². The first-order valence-corrected chi connectivity index (χ1v) is 10.8. The lowest BCUT2D eigenvalue weighted by atomic mass is 10.0. The van der Waals surface area contributed by atoms with Crippen LogP contribution in [0.2, 0.25) is 0 Å². The van der Waals surface area contributed by atoms with Gasteiger partial charge in [-0.25, -0.2) is 13.2 Å². The summed E-state index contributed by atoms with van der Waals surface area (Å²) in [7, 11) is -3.39. The number of nitrogens with zero attached hydrogens (tertiary/aromatic N) is 2. The first kappa shape index (κ1) is 17.7. The molecule has 0 spiro atoms. The maximum atomic E-state index is 12.6. The van der Waals surface area contributed by atoms with Gasteiger partial charge in [-0.2, -0.15) is 4.31 Å². The molecule has 1 atom stereocenters. The maximum Gasteiger partial charge on any atom is 0.410 e. The Kier molecular flexibility index (Phi) is 5.46. The smallest absolute Gasteiger partial charge is 0.410 e. The van der Waals surface area contributed by atoms with Crippen LogP contribution >= 0.6 is 11.3 Å². The van der Waals surface area contributed by atoms with Crippen LogP contribution in [0.25, 0.3) is 0 Å². The van der Waals surface area contributed by atoms with Gasteiger partial charge in [0.25, 0.3) is 10.0 Å². The molecule has 0 aliphatic carbocycles. The Morgan fingerprint density at radius 2 is 2.08 bits per heavy atom. The highest BCUT2D eigenvalue weighted by Gasteiger charge is 2.40. The van der Waals surface area contributed by atoms with Gasteiger partial charge < -0.3 is 4.74 Å². The molecule has 6 nitrogen and oxygen atoms in total. The zero-order valence-electron chi connectivity index (χ0n) is 13.9. The number of amides is 1. The van der Waals surface area contributed by atoms with Crippen molar-refractivity contribution in [3.05, 3.63) is 17.5 Å². The van der Waals surface area contributed by atoms with Gasteiger partial charge in [0.1, 0.15) is 10.8 Å². The van der Waals surface area contributed by atoms with Gasteiger partial charge in [-0.3, -0.25) is 4.90 Å². The zero-order chi connectivity index (χ0) is 17.2. The standard InChI is InChI=1S/C16H24N2O4S2/c1-2-3-5-14-12-22-16(19)18(14)13-7-9-17(10-8-13)24(20,21)15-6-4-11-23-15/h4,6,11,13-14H,2-3,5,7-10,12H2,1H3. The zero-order valence-corrected chi connectivity index (χ0v) is 15.5. The molecule has 3 rings (SSSR count). The number of piperidine rings is 1. The van der Waals surface area contributed by atoms with Crippen LogP contribution < -0.4 is 0 Å². The van der Waals surface area contributed by atoms with Gasteiger partial charge in [0.15, 0.2) is 0 Å². The molecule has 1 aromatic heterocycles. The summed E-state index contributed by atoms with van der Waals surface area (Å²) < 4.78 is 32.3. The Hall–Kier alpha value is -1.12. The van der Waals surface area contributed by atoms with E-state index in [1.165, 1.54) is 15.6 Å². The minimum absolute atomic E-state index is 0.0802. The van der Waals surface area contributed by atoms with Crippen molar-refractivity contribution < 1.29 is 17.9 Å². The van der Waals surface area contributed by atoms with Crippen LogP contribution in [0.1, 0.15) is 39.0 Å². The second kappa shape index (κ2) is 7.41. The van der Waals surface area contributed by atoms with Crippen LogP contribution in [-0.2, 0) is 14.8 Å². The first-order valence-electron chi connectivity index (χ1n) is 8.52. The van der Waals surface area contributed by atoms with Crippen LogP contribution in [0, 0.1) is 0 Å². The predicted molar refractivity (Wildman–Crippen MR) is 92.6 cm³/mol. The van der Waals surface area contributed by atoms with Crippen molar-refractivity contribution in [2.45, 2.75) is 55.3 Å². The molecule has 8 heteroatoms. The van der Waals surface area contributed by atoms with Gasteiger partial charge >= 0.3 is 6.09 Å². The fraction of sp³-hybridized carbons (Fsp3) is 0.688. The van der Waals surface area contributed by atoms with E-state index in [9.17, 15) is 13.2 Å². The number of rotatable bonds is 6. The molecule has 0 saturated carbocycles. The average molecular weight is 373 g/mol. The van der Waals surface area contributed by atoms with Gasteiger partial charge in [-0.05, 0) is 30.7 Å². The molecule has 3 heterocycles. The quantitative estimate of drug-likeness (QED) is 0.770. The van der Waals surface area contributed by atoms with Crippen molar-refractivity contribution >= 4 is 27.5 Å². The van der Waals surface area contributed by atoms with Crippen molar-refractivity contribution in [1.29, 1.82) is 0 Å². The molecule has 2 aliphatic rings. The fourth-order valence-electron chi connectivity index (χ4n) is 3.48. The third-order valence-electron chi connectivity index (χ3n) is 4.80. The molecule has 1 aromatic rings. The number of carbonyl (C=O) groups is 1. The van der Waals surface area contributed by atoms with E-state index in [-0.39, 0.29) is 18.2 Å². The molecule has 2 saturated heterocycles. The molecule has 0 N–H and O–H groups in total. The molecule has 0 bridgehead atoms. The van der Waals surface area contributed by atoms with Crippen LogP contribution in [0.5, 0.6) is 0 Å². The summed E-state index contributed by atoms with van der Waals surface area (Å²) in [5.41, 5.74) is 0. The highest BCUT2D eigenvalue weighted by Crippen LogP contribution is 2.29. The summed E-state index contributed by atoms with van der Waals surface area (Å²) in [6.45, 7) is 3.51. The fourth-order valence-corrected chi connectivity index (χ4v) is 6.09. The molecular weight excluding hydrogens is 348 g/mol. The van der Waals surface area contributed by atoms with Crippen LogP contribution in [-0.4, -0.2) is 55.5 Å². The summed E-state index contributed by atoms with van der Waals surface area (Å²) in [6, 6.07) is 3.62. The lowest BCUT2D eigenvalue weighted by Crippen LogP contribution is -2.49. The molecule has 1 amide bonds. The average Bonchev–Trinajstić information content (AvgIpc) is 3.23. The Labute approximate surface area is 147 Å². The van der Waals surface area contributed by atoms with E-state index >= 15 is 0 Å². The summed E-state index contributed by atoms with van der Waals surface area (Å²) in [4.78, 5) is 14.0. The topological polar surface area (TPSA) is 66.9 Å². The van der Waals surface area contributed by atoms with E-state index in [0.29, 0.717) is 36.7 Å². The van der Waals surface area contributed by atoms with Gasteiger partial charge in [0.2, 0.25) is 0 Å². The van der Waals surface area contributed by atoms with E-state index in [2.05, 4.69) is 6.92 Å². The number of thiophene rings is 1. The van der Waals surface area contributed by atoms with Crippen molar-refractivity contribution in [1.82, 2.24) is 9.21 Å². The number of unbranched alkanes of at least 4 members (excludes halogenated alkanes) is 1. The number of hydrogen-bond donors (Lipinski definition) is 0. The van der Waals surface area contributed by atoms with Crippen molar-refractivity contribution in [3.8, 4) is 0 Å². The van der Waals surface area contributed by atoms with Gasteiger partial charge in [-0.1, -0.05) is 25.8 Å². The van der Waals surface area contributed by atoms with Crippen molar-refractivity contribution in [2.24, 2.45) is 0 Å². The predicted octanol–water partition coefficient (Wildman–Crippen LogP) is 2.91. The Balaban J connectivity index is 1.63. The van der Waals surface area contributed by atoms with Crippen LogP contribution in [0.15, 0.2) is 21.7 Å². The highest BCUT2D eigenvalue weighted by molar-refractivity contribution is 7.91. The minimum atomic E-state index is -3.39. The van der Waals surface area contributed by atoms with E-state index in [4.69, 9.17) is 4.74 Å². The molecule has 1 unspecified atom stereocenters. The van der Waals surface area contributed by atoms with Gasteiger partial charge in [0.05, 0.1) is 6.04 Å². The largest absolute Gasteiger partial charge is 0.447 e. The SMILES string of the molecule is CCCCC1COC(=O)N1C1CCN(S(=O)(=O)c2cccs2)CC1. The monoisotopic (exact) mass is 372 g/mol. The number of carbonyl (C=O) groups excluding carboxylic acids is 1. The molecule has 0 aromatic carbocycles. The van der Waals surface area contributed by atoms with Gasteiger partial charge in [-0.15, -0.1) is 11.3 Å². The van der Waals surface area contributed by atoms with E-state index < -0.39 is 10.0 Å². The summed E-state index contributed by atoms with van der Waals surface area (Å²) >= 11 is 1.25. The maximum absolute atomic E-state index is 12.6. The number of ether oxygens (including phenoxy) is 1. The Morgan fingerprint density at radius 1 is 1.33 bits per heavy atom. The van der Waals surface area contributed by atoms with E-state index in [1.54, 1.807) is 17.5 Å². The normalized spacial score (nSPS) is 23.6. The lowest BCUT2D eigenvalue weighted by Gasteiger charge is -2.37. The lowest BCUT2D eigenvalue weighted by molar-refractivity contribution is 0.123. The van der Waals surface area contributed by atoms with Gasteiger partial charge in [0, 0.05) is 19.1 Å². The molecule has 24 heavy (non-hydrogen) atoms. The summed E-state index contributed by atoms with van der Waals surface area (Å²) in [5.74, 6) is 0. The second-order valence-corrected chi connectivity index (χ2v) is 9.46.